The first-order chi connectivity index (χ1) is 17.7. The molecule has 0 saturated heterocycles. The molecule has 4 aromatic rings. The Hall–Kier alpha value is -2.81. The van der Waals surface area contributed by atoms with E-state index in [1.165, 1.54) is 35.5 Å². The minimum absolute atomic E-state index is 0.203. The largest absolute Gasteiger partial charge is 0.338 e. The van der Waals surface area contributed by atoms with Gasteiger partial charge in [0.2, 0.25) is 5.91 Å². The molecule has 3 aromatic carbocycles. The van der Waals surface area contributed by atoms with Gasteiger partial charge in [0, 0.05) is 23.4 Å². The molecule has 190 valence electrons. The number of benzene rings is 3. The quantitative estimate of drug-likeness (QED) is 0.179. The first kappa shape index (κ1) is 27.2. The average molecular weight is 594 g/mol. The normalized spacial score (nSPS) is 10.8. The van der Waals surface area contributed by atoms with Crippen LogP contribution in [0.15, 0.2) is 70.9 Å². The van der Waals surface area contributed by atoms with Gasteiger partial charge in [0.25, 0.3) is 5.56 Å². The number of rotatable bonds is 8. The van der Waals surface area contributed by atoms with Gasteiger partial charge in [-0.1, -0.05) is 83.3 Å². The van der Waals surface area contributed by atoms with Gasteiger partial charge in [0.15, 0.2) is 0 Å². The maximum absolute atomic E-state index is 13.6. The van der Waals surface area contributed by atoms with Crippen molar-refractivity contribution in [2.24, 2.45) is 0 Å². The van der Waals surface area contributed by atoms with Crippen molar-refractivity contribution in [3.05, 3.63) is 103 Å². The van der Waals surface area contributed by atoms with E-state index in [-0.39, 0.29) is 27.2 Å². The number of hydrogen-bond donors (Lipinski definition) is 3. The van der Waals surface area contributed by atoms with E-state index in [1.54, 1.807) is 24.3 Å². The molecule has 0 saturated carbocycles. The predicted molar refractivity (Wildman–Crippen MR) is 157 cm³/mol. The molecule has 1 heterocycles. The second-order valence-corrected chi connectivity index (χ2v) is 10.6. The fourth-order valence-electron chi connectivity index (χ4n) is 3.49. The van der Waals surface area contributed by atoms with Crippen LogP contribution in [0.1, 0.15) is 18.1 Å². The van der Waals surface area contributed by atoms with Crippen LogP contribution in [0.25, 0.3) is 11.8 Å². The molecular formula is C26H20Cl4N4O2S. The number of H-pyrrole nitrogens is 1. The molecule has 0 spiro atoms. The highest BCUT2D eigenvalue weighted by atomic mass is 35.5. The molecule has 11 heteroatoms. The van der Waals surface area contributed by atoms with E-state index < -0.39 is 0 Å². The minimum atomic E-state index is -0.365. The molecule has 4 rings (SSSR count). The van der Waals surface area contributed by atoms with Gasteiger partial charge >= 0.3 is 0 Å². The lowest BCUT2D eigenvalue weighted by Gasteiger charge is -2.11. The predicted octanol–water partition coefficient (Wildman–Crippen LogP) is 8.42. The Kier molecular flexibility index (Phi) is 8.62. The number of aromatic nitrogens is 2. The van der Waals surface area contributed by atoms with Crippen LogP contribution >= 0.6 is 58.2 Å². The zero-order chi connectivity index (χ0) is 26.7. The molecule has 6 nitrogen and oxygen atoms in total. The van der Waals surface area contributed by atoms with Crippen molar-refractivity contribution in [3.63, 3.8) is 0 Å². The molecule has 3 N–H and O–H groups in total. The standard InChI is InChI=1S/C26H20Cl4N4O2S/c1-3-15-4-6-16(7-5-15)13-37-24-25(32-22-12-18(31-14(2)35)8-9-19(22)28)33-34(26(24)36)23-20(29)10-17(27)11-21(23)30/h3-12,32-33H,1,13H2,2H3,(H,31,35). The third-order valence-electron chi connectivity index (χ3n) is 5.20. The summed E-state index contributed by atoms with van der Waals surface area (Å²) in [5.74, 6) is 0.668. The number of carbonyl (C=O) groups excluding carboxylic acids is 1. The fraction of sp³-hybridized carbons (Fsp3) is 0.0769. The van der Waals surface area contributed by atoms with Crippen LogP contribution in [0.2, 0.25) is 20.1 Å². The van der Waals surface area contributed by atoms with E-state index in [2.05, 4.69) is 22.3 Å². The van der Waals surface area contributed by atoms with Crippen LogP contribution in [0.5, 0.6) is 0 Å². The van der Waals surface area contributed by atoms with Crippen LogP contribution in [0, 0.1) is 0 Å². The summed E-state index contributed by atoms with van der Waals surface area (Å²) in [6, 6.07) is 15.9. The van der Waals surface area contributed by atoms with Crippen LogP contribution < -0.4 is 16.2 Å². The second-order valence-electron chi connectivity index (χ2n) is 7.91. The summed E-state index contributed by atoms with van der Waals surface area (Å²) in [6.45, 7) is 5.18. The summed E-state index contributed by atoms with van der Waals surface area (Å²) in [5.41, 5.74) is 2.94. The molecule has 0 aliphatic heterocycles. The molecule has 0 aliphatic rings. The monoisotopic (exact) mass is 592 g/mol. The van der Waals surface area contributed by atoms with Gasteiger partial charge in [-0.3, -0.25) is 14.7 Å². The Labute approximate surface area is 237 Å². The van der Waals surface area contributed by atoms with Crippen molar-refractivity contribution in [3.8, 4) is 5.69 Å². The SMILES string of the molecule is C=Cc1ccc(CSc2c(Nc3cc(NC(C)=O)ccc3Cl)[nH]n(-c3c(Cl)cc(Cl)cc3Cl)c2=O)cc1. The van der Waals surface area contributed by atoms with Gasteiger partial charge in [-0.05, 0) is 41.5 Å². The molecule has 0 fully saturated rings. The van der Waals surface area contributed by atoms with E-state index in [9.17, 15) is 9.59 Å². The first-order valence-electron chi connectivity index (χ1n) is 10.8. The molecular weight excluding hydrogens is 574 g/mol. The van der Waals surface area contributed by atoms with Crippen molar-refractivity contribution in [1.29, 1.82) is 0 Å². The minimum Gasteiger partial charge on any atom is -0.338 e. The second kappa shape index (κ2) is 11.7. The number of nitrogens with one attached hydrogen (secondary N) is 3. The van der Waals surface area contributed by atoms with Crippen LogP contribution in [-0.4, -0.2) is 15.7 Å². The maximum Gasteiger partial charge on any atom is 0.287 e. The van der Waals surface area contributed by atoms with Crippen LogP contribution in [0.3, 0.4) is 0 Å². The van der Waals surface area contributed by atoms with Gasteiger partial charge in [0.1, 0.15) is 16.4 Å². The summed E-state index contributed by atoms with van der Waals surface area (Å²) in [4.78, 5) is 25.5. The Balaban J connectivity index is 1.77. The Bertz CT molecular complexity index is 1520. The zero-order valence-electron chi connectivity index (χ0n) is 19.4. The van der Waals surface area contributed by atoms with E-state index >= 15 is 0 Å². The van der Waals surface area contributed by atoms with Crippen LogP contribution in [0.4, 0.5) is 17.2 Å². The Morgan fingerprint density at radius 1 is 1.03 bits per heavy atom. The molecule has 1 aromatic heterocycles. The molecule has 37 heavy (non-hydrogen) atoms. The van der Waals surface area contributed by atoms with E-state index in [1.807, 2.05) is 24.3 Å². The number of amides is 1. The molecule has 0 aliphatic carbocycles. The highest BCUT2D eigenvalue weighted by molar-refractivity contribution is 7.98. The molecule has 0 radical (unpaired) electrons. The lowest BCUT2D eigenvalue weighted by molar-refractivity contribution is -0.114. The molecule has 0 atom stereocenters. The van der Waals surface area contributed by atoms with Crippen molar-refractivity contribution >= 4 is 87.3 Å². The highest BCUT2D eigenvalue weighted by Gasteiger charge is 2.21. The van der Waals surface area contributed by atoms with Crippen molar-refractivity contribution in [2.45, 2.75) is 17.6 Å². The zero-order valence-corrected chi connectivity index (χ0v) is 23.2. The molecule has 0 bridgehead atoms. The third-order valence-corrected chi connectivity index (χ3v) is 7.47. The van der Waals surface area contributed by atoms with Crippen molar-refractivity contribution < 1.29 is 4.79 Å². The van der Waals surface area contributed by atoms with Gasteiger partial charge in [-0.2, -0.15) is 0 Å². The topological polar surface area (TPSA) is 78.9 Å². The van der Waals surface area contributed by atoms with Crippen molar-refractivity contribution in [2.75, 3.05) is 10.6 Å². The maximum atomic E-state index is 13.6. The summed E-state index contributed by atoms with van der Waals surface area (Å²) in [6.07, 6.45) is 1.77. The summed E-state index contributed by atoms with van der Waals surface area (Å²) in [7, 11) is 0. The third kappa shape index (κ3) is 6.37. The average Bonchev–Trinajstić information content (AvgIpc) is 3.13. The van der Waals surface area contributed by atoms with Crippen molar-refractivity contribution in [1.82, 2.24) is 9.78 Å². The summed E-state index contributed by atoms with van der Waals surface area (Å²) >= 11 is 26.6. The molecule has 1 amide bonds. The van der Waals surface area contributed by atoms with Gasteiger partial charge < -0.3 is 10.6 Å². The van der Waals surface area contributed by atoms with Gasteiger partial charge in [0.05, 0.1) is 20.8 Å². The number of thioether (sulfide) groups is 1. The molecule has 0 unspecified atom stereocenters. The highest BCUT2D eigenvalue weighted by Crippen LogP contribution is 2.36. The van der Waals surface area contributed by atoms with E-state index in [0.717, 1.165) is 11.1 Å². The number of carbonyl (C=O) groups is 1. The summed E-state index contributed by atoms with van der Waals surface area (Å²) < 4.78 is 1.26. The first-order valence-corrected chi connectivity index (χ1v) is 13.3. The number of anilines is 3. The van der Waals surface area contributed by atoms with Crippen LogP contribution in [-0.2, 0) is 10.5 Å². The fourth-order valence-corrected chi connectivity index (χ4v) is 5.60. The number of halogens is 4. The number of aromatic amines is 1. The van der Waals surface area contributed by atoms with Gasteiger partial charge in [-0.25, -0.2) is 4.68 Å². The smallest absolute Gasteiger partial charge is 0.287 e. The lowest BCUT2D eigenvalue weighted by atomic mass is 10.1. The lowest BCUT2D eigenvalue weighted by Crippen LogP contribution is -2.16. The number of nitrogens with zero attached hydrogens (tertiary/aromatic N) is 1. The van der Waals surface area contributed by atoms with E-state index in [4.69, 9.17) is 46.4 Å². The summed E-state index contributed by atoms with van der Waals surface area (Å²) in [5, 5.41) is 10.1. The Morgan fingerprint density at radius 2 is 1.70 bits per heavy atom. The van der Waals surface area contributed by atoms with E-state index in [0.29, 0.717) is 37.9 Å². The number of hydrogen-bond acceptors (Lipinski definition) is 4. The van der Waals surface area contributed by atoms with Gasteiger partial charge in [-0.15, -0.1) is 11.8 Å². The Morgan fingerprint density at radius 3 is 2.32 bits per heavy atom.